The summed E-state index contributed by atoms with van der Waals surface area (Å²) in [6.07, 6.45) is -0.379. The SMILES string of the molecule is CN(CCNc1nc2ccccc2nc1-c1cccc(C#N)c1)C(=O)OC(C)(C)C. The second kappa shape index (κ2) is 8.78. The zero-order valence-electron chi connectivity index (χ0n) is 17.6. The summed E-state index contributed by atoms with van der Waals surface area (Å²) in [5.74, 6) is 0.598. The molecule has 0 aliphatic carbocycles. The molecule has 0 saturated carbocycles. The van der Waals surface area contributed by atoms with E-state index in [2.05, 4.69) is 11.4 Å². The predicted octanol–water partition coefficient (Wildman–Crippen LogP) is 4.45. The van der Waals surface area contributed by atoms with Gasteiger partial charge >= 0.3 is 6.09 Å². The number of rotatable bonds is 5. The molecule has 0 fully saturated rings. The fourth-order valence-electron chi connectivity index (χ4n) is 2.83. The van der Waals surface area contributed by atoms with Crippen molar-refractivity contribution in [3.05, 3.63) is 54.1 Å². The normalized spacial score (nSPS) is 11.0. The summed E-state index contributed by atoms with van der Waals surface area (Å²) in [5, 5.41) is 12.5. The number of aromatic nitrogens is 2. The van der Waals surface area contributed by atoms with Crippen molar-refractivity contribution in [3.8, 4) is 17.3 Å². The third-order valence-electron chi connectivity index (χ3n) is 4.28. The standard InChI is InChI=1S/C23H25N5O2/c1-23(2,3)30-22(29)28(4)13-12-25-21-20(17-9-7-8-16(14-17)15-24)26-18-10-5-6-11-19(18)27-21/h5-11,14H,12-13H2,1-4H3,(H,25,27). The van der Waals surface area contributed by atoms with Crippen LogP contribution in [0.1, 0.15) is 26.3 Å². The molecule has 154 valence electrons. The van der Waals surface area contributed by atoms with Gasteiger partial charge in [-0.25, -0.2) is 14.8 Å². The van der Waals surface area contributed by atoms with Gasteiger partial charge in [0.2, 0.25) is 0 Å². The lowest BCUT2D eigenvalue weighted by molar-refractivity contribution is 0.0305. The highest BCUT2D eigenvalue weighted by Gasteiger charge is 2.19. The fraction of sp³-hybridized carbons (Fsp3) is 0.304. The Bertz CT molecular complexity index is 1100. The van der Waals surface area contributed by atoms with Crippen LogP contribution in [-0.2, 0) is 4.74 Å². The molecule has 2 aromatic carbocycles. The number of hydrogen-bond donors (Lipinski definition) is 1. The fourth-order valence-corrected chi connectivity index (χ4v) is 2.83. The monoisotopic (exact) mass is 403 g/mol. The third-order valence-corrected chi connectivity index (χ3v) is 4.28. The molecule has 3 aromatic rings. The topological polar surface area (TPSA) is 91.1 Å². The molecular weight excluding hydrogens is 378 g/mol. The number of likely N-dealkylation sites (N-methyl/N-ethyl adjacent to an activating group) is 1. The van der Waals surface area contributed by atoms with Gasteiger partial charge in [-0.1, -0.05) is 24.3 Å². The first-order valence-corrected chi connectivity index (χ1v) is 9.72. The summed E-state index contributed by atoms with van der Waals surface area (Å²) in [6, 6.07) is 17.0. The summed E-state index contributed by atoms with van der Waals surface area (Å²) >= 11 is 0. The Morgan fingerprint density at radius 2 is 1.83 bits per heavy atom. The highest BCUT2D eigenvalue weighted by molar-refractivity contribution is 5.83. The highest BCUT2D eigenvalue weighted by Crippen LogP contribution is 2.27. The lowest BCUT2D eigenvalue weighted by Gasteiger charge is -2.24. The minimum atomic E-state index is -0.540. The molecule has 0 spiro atoms. The van der Waals surface area contributed by atoms with E-state index in [0.29, 0.717) is 30.2 Å². The quantitative estimate of drug-likeness (QED) is 0.677. The first kappa shape index (κ1) is 21.1. The number of anilines is 1. The van der Waals surface area contributed by atoms with Crippen LogP contribution in [0.15, 0.2) is 48.5 Å². The minimum Gasteiger partial charge on any atom is -0.444 e. The van der Waals surface area contributed by atoms with Gasteiger partial charge in [-0.2, -0.15) is 5.26 Å². The van der Waals surface area contributed by atoms with Crippen LogP contribution in [0.4, 0.5) is 10.6 Å². The second-order valence-corrected chi connectivity index (χ2v) is 7.93. The Labute approximate surface area is 176 Å². The van der Waals surface area contributed by atoms with Gasteiger partial charge in [0.25, 0.3) is 0 Å². The van der Waals surface area contributed by atoms with Crippen molar-refractivity contribution in [3.63, 3.8) is 0 Å². The number of carbonyl (C=O) groups excluding carboxylic acids is 1. The van der Waals surface area contributed by atoms with Gasteiger partial charge in [0.15, 0.2) is 5.82 Å². The second-order valence-electron chi connectivity index (χ2n) is 7.93. The zero-order valence-corrected chi connectivity index (χ0v) is 17.6. The molecule has 3 rings (SSSR count). The van der Waals surface area contributed by atoms with Crippen molar-refractivity contribution < 1.29 is 9.53 Å². The van der Waals surface area contributed by atoms with Crippen molar-refractivity contribution in [2.75, 3.05) is 25.5 Å². The van der Waals surface area contributed by atoms with Gasteiger partial charge in [-0.3, -0.25) is 0 Å². The van der Waals surface area contributed by atoms with E-state index < -0.39 is 5.60 Å². The molecular formula is C23H25N5O2. The number of amides is 1. The number of fused-ring (bicyclic) bond motifs is 1. The molecule has 7 nitrogen and oxygen atoms in total. The van der Waals surface area contributed by atoms with Crippen molar-refractivity contribution in [2.24, 2.45) is 0 Å². The smallest absolute Gasteiger partial charge is 0.410 e. The Hall–Kier alpha value is -3.66. The summed E-state index contributed by atoms with van der Waals surface area (Å²) < 4.78 is 5.38. The molecule has 30 heavy (non-hydrogen) atoms. The lowest BCUT2D eigenvalue weighted by Crippen LogP contribution is -2.36. The maximum absolute atomic E-state index is 12.2. The largest absolute Gasteiger partial charge is 0.444 e. The molecule has 0 aliphatic rings. The van der Waals surface area contributed by atoms with E-state index in [1.165, 1.54) is 4.90 Å². The third kappa shape index (κ3) is 5.23. The molecule has 0 saturated heterocycles. The van der Waals surface area contributed by atoms with Crippen molar-refractivity contribution in [1.29, 1.82) is 5.26 Å². The van der Waals surface area contributed by atoms with Crippen LogP contribution in [0.5, 0.6) is 0 Å². The van der Waals surface area contributed by atoms with E-state index in [1.807, 2.05) is 57.2 Å². The number of ether oxygens (including phenoxy) is 1. The summed E-state index contributed by atoms with van der Waals surface area (Å²) in [4.78, 5) is 23.1. The summed E-state index contributed by atoms with van der Waals surface area (Å²) in [5.41, 5.74) is 3.01. The Balaban J connectivity index is 1.83. The summed E-state index contributed by atoms with van der Waals surface area (Å²) in [7, 11) is 1.69. The van der Waals surface area contributed by atoms with Gasteiger partial charge in [-0.05, 0) is 45.0 Å². The van der Waals surface area contributed by atoms with Crippen molar-refractivity contribution in [2.45, 2.75) is 26.4 Å². The molecule has 1 amide bonds. The molecule has 0 atom stereocenters. The Kier molecular flexibility index (Phi) is 6.17. The van der Waals surface area contributed by atoms with Crippen LogP contribution < -0.4 is 5.32 Å². The van der Waals surface area contributed by atoms with Gasteiger partial charge < -0.3 is 15.0 Å². The van der Waals surface area contributed by atoms with Crippen LogP contribution in [0.2, 0.25) is 0 Å². The van der Waals surface area contributed by atoms with Crippen LogP contribution in [0.25, 0.3) is 22.3 Å². The van der Waals surface area contributed by atoms with E-state index in [0.717, 1.165) is 16.6 Å². The number of carbonyl (C=O) groups is 1. The van der Waals surface area contributed by atoms with Gasteiger partial charge in [0, 0.05) is 25.7 Å². The number of para-hydroxylation sites is 2. The summed E-state index contributed by atoms with van der Waals surface area (Å²) in [6.45, 7) is 6.41. The Morgan fingerprint density at radius 1 is 1.13 bits per heavy atom. The van der Waals surface area contributed by atoms with E-state index >= 15 is 0 Å². The number of hydrogen-bond acceptors (Lipinski definition) is 6. The first-order valence-electron chi connectivity index (χ1n) is 9.72. The molecule has 1 heterocycles. The predicted molar refractivity (Wildman–Crippen MR) is 117 cm³/mol. The van der Waals surface area contributed by atoms with E-state index in [1.54, 1.807) is 19.2 Å². The van der Waals surface area contributed by atoms with Gasteiger partial charge in [0.05, 0.1) is 22.7 Å². The molecule has 0 unspecified atom stereocenters. The van der Waals surface area contributed by atoms with Crippen molar-refractivity contribution in [1.82, 2.24) is 14.9 Å². The Morgan fingerprint density at radius 3 is 2.50 bits per heavy atom. The number of benzene rings is 2. The van der Waals surface area contributed by atoms with E-state index in [4.69, 9.17) is 14.7 Å². The van der Waals surface area contributed by atoms with Crippen LogP contribution >= 0.6 is 0 Å². The maximum atomic E-state index is 12.2. The van der Waals surface area contributed by atoms with Crippen LogP contribution in [0.3, 0.4) is 0 Å². The number of nitrogens with zero attached hydrogens (tertiary/aromatic N) is 4. The van der Waals surface area contributed by atoms with Crippen LogP contribution in [0, 0.1) is 11.3 Å². The molecule has 7 heteroatoms. The average molecular weight is 403 g/mol. The average Bonchev–Trinajstić information content (AvgIpc) is 2.72. The first-order chi connectivity index (χ1) is 14.3. The van der Waals surface area contributed by atoms with E-state index in [-0.39, 0.29) is 6.09 Å². The molecule has 0 radical (unpaired) electrons. The maximum Gasteiger partial charge on any atom is 0.410 e. The lowest BCUT2D eigenvalue weighted by atomic mass is 10.1. The number of nitriles is 1. The van der Waals surface area contributed by atoms with Crippen molar-refractivity contribution >= 4 is 22.9 Å². The van der Waals surface area contributed by atoms with Crippen LogP contribution in [-0.4, -0.2) is 46.7 Å². The highest BCUT2D eigenvalue weighted by atomic mass is 16.6. The van der Waals surface area contributed by atoms with E-state index in [9.17, 15) is 10.1 Å². The molecule has 0 bridgehead atoms. The number of nitrogens with one attached hydrogen (secondary N) is 1. The molecule has 1 N–H and O–H groups in total. The van der Waals surface area contributed by atoms with Gasteiger partial charge in [-0.15, -0.1) is 0 Å². The molecule has 1 aromatic heterocycles. The van der Waals surface area contributed by atoms with Gasteiger partial charge in [0.1, 0.15) is 11.3 Å². The minimum absolute atomic E-state index is 0.379. The zero-order chi connectivity index (χ0) is 21.7. The molecule has 0 aliphatic heterocycles.